The fourth-order valence-corrected chi connectivity index (χ4v) is 3.43. The summed E-state index contributed by atoms with van der Waals surface area (Å²) >= 11 is 0. The van der Waals surface area contributed by atoms with Crippen LogP contribution in [-0.4, -0.2) is 51.5 Å². The molecule has 0 radical (unpaired) electrons. The van der Waals surface area contributed by atoms with Gasteiger partial charge in [-0.1, -0.05) is 19.9 Å². The van der Waals surface area contributed by atoms with Gasteiger partial charge in [0.05, 0.1) is 0 Å². The first kappa shape index (κ1) is 17.5. The zero-order chi connectivity index (χ0) is 18.0. The summed E-state index contributed by atoms with van der Waals surface area (Å²) in [4.78, 5) is 26.0. The van der Waals surface area contributed by atoms with Crippen LogP contribution in [0.1, 0.15) is 44.1 Å². The standard InChI is InChI=1S/C19H27N5O/c1-14(2)17-21-8-9-24(17)16(4)19(25)23-12-10-22(11-13-23)18-15(3)6-5-7-20-18/h5-9,14,16H,10-13H2,1-4H3/t16-/m0/s1. The van der Waals surface area contributed by atoms with Gasteiger partial charge in [-0.25, -0.2) is 9.97 Å². The summed E-state index contributed by atoms with van der Waals surface area (Å²) in [7, 11) is 0. The Morgan fingerprint density at radius 3 is 2.44 bits per heavy atom. The predicted molar refractivity (Wildman–Crippen MR) is 98.8 cm³/mol. The summed E-state index contributed by atoms with van der Waals surface area (Å²) in [5.74, 6) is 2.45. The minimum absolute atomic E-state index is 0.164. The number of aryl methyl sites for hydroxylation is 1. The maximum absolute atomic E-state index is 12.9. The van der Waals surface area contributed by atoms with Crippen LogP contribution in [0.5, 0.6) is 0 Å². The molecule has 0 N–H and O–H groups in total. The molecule has 0 bridgehead atoms. The van der Waals surface area contributed by atoms with Crippen molar-refractivity contribution in [3.63, 3.8) is 0 Å². The topological polar surface area (TPSA) is 54.3 Å². The zero-order valence-electron chi connectivity index (χ0n) is 15.5. The van der Waals surface area contributed by atoms with Gasteiger partial charge in [0.2, 0.25) is 5.91 Å². The molecular formula is C19H27N5O. The molecule has 25 heavy (non-hydrogen) atoms. The first-order valence-corrected chi connectivity index (χ1v) is 8.97. The van der Waals surface area contributed by atoms with Crippen molar-refractivity contribution in [2.75, 3.05) is 31.1 Å². The Balaban J connectivity index is 1.65. The lowest BCUT2D eigenvalue weighted by Crippen LogP contribution is -2.50. The van der Waals surface area contributed by atoms with Crippen molar-refractivity contribution in [1.29, 1.82) is 0 Å². The highest BCUT2D eigenvalue weighted by atomic mass is 16.2. The molecule has 3 rings (SSSR count). The smallest absolute Gasteiger partial charge is 0.245 e. The number of carbonyl (C=O) groups is 1. The molecule has 1 fully saturated rings. The number of imidazole rings is 1. The van der Waals surface area contributed by atoms with E-state index in [1.54, 1.807) is 6.20 Å². The zero-order valence-corrected chi connectivity index (χ0v) is 15.5. The van der Waals surface area contributed by atoms with Gasteiger partial charge in [0.1, 0.15) is 17.7 Å². The summed E-state index contributed by atoms with van der Waals surface area (Å²) in [6.45, 7) is 11.3. The van der Waals surface area contributed by atoms with Crippen LogP contribution in [0.15, 0.2) is 30.7 Å². The third kappa shape index (κ3) is 3.52. The van der Waals surface area contributed by atoms with Crippen molar-refractivity contribution in [2.24, 2.45) is 0 Å². The average Bonchev–Trinajstić information content (AvgIpc) is 3.11. The van der Waals surface area contributed by atoms with Gasteiger partial charge >= 0.3 is 0 Å². The summed E-state index contributed by atoms with van der Waals surface area (Å²) < 4.78 is 2.00. The van der Waals surface area contributed by atoms with E-state index in [1.165, 1.54) is 5.56 Å². The van der Waals surface area contributed by atoms with E-state index >= 15 is 0 Å². The van der Waals surface area contributed by atoms with Gasteiger partial charge in [-0.15, -0.1) is 0 Å². The van der Waals surface area contributed by atoms with Crippen molar-refractivity contribution in [3.8, 4) is 0 Å². The Morgan fingerprint density at radius 1 is 1.08 bits per heavy atom. The number of piperazine rings is 1. The first-order chi connectivity index (χ1) is 12.0. The monoisotopic (exact) mass is 341 g/mol. The Bertz CT molecular complexity index is 731. The molecule has 6 nitrogen and oxygen atoms in total. The second-order valence-electron chi connectivity index (χ2n) is 6.98. The van der Waals surface area contributed by atoms with Gasteiger partial charge in [0.15, 0.2) is 0 Å². The molecule has 0 saturated carbocycles. The summed E-state index contributed by atoms with van der Waals surface area (Å²) in [6, 6.07) is 3.81. The highest BCUT2D eigenvalue weighted by molar-refractivity contribution is 5.80. The third-order valence-electron chi connectivity index (χ3n) is 4.86. The quantitative estimate of drug-likeness (QED) is 0.858. The summed E-state index contributed by atoms with van der Waals surface area (Å²) in [5.41, 5.74) is 1.18. The Labute approximate surface area is 149 Å². The first-order valence-electron chi connectivity index (χ1n) is 8.97. The van der Waals surface area contributed by atoms with E-state index in [2.05, 4.69) is 41.7 Å². The van der Waals surface area contributed by atoms with Gasteiger partial charge in [-0.3, -0.25) is 4.79 Å². The van der Waals surface area contributed by atoms with Gasteiger partial charge in [-0.05, 0) is 25.5 Å². The molecule has 1 amide bonds. The number of anilines is 1. The van der Waals surface area contributed by atoms with Crippen LogP contribution in [0.4, 0.5) is 5.82 Å². The maximum Gasteiger partial charge on any atom is 0.245 e. The van der Waals surface area contributed by atoms with Crippen molar-refractivity contribution in [3.05, 3.63) is 42.1 Å². The largest absolute Gasteiger partial charge is 0.353 e. The molecular weight excluding hydrogens is 314 g/mol. The van der Waals surface area contributed by atoms with E-state index < -0.39 is 0 Å². The number of hydrogen-bond donors (Lipinski definition) is 0. The Morgan fingerprint density at radius 2 is 1.80 bits per heavy atom. The van der Waals surface area contributed by atoms with E-state index in [0.29, 0.717) is 5.92 Å². The highest BCUT2D eigenvalue weighted by Crippen LogP contribution is 2.21. The minimum Gasteiger partial charge on any atom is -0.353 e. The van der Waals surface area contributed by atoms with Crippen molar-refractivity contribution >= 4 is 11.7 Å². The SMILES string of the molecule is Cc1cccnc1N1CCN(C(=O)[C@H](C)n2ccnc2C(C)C)CC1. The van der Waals surface area contributed by atoms with E-state index in [-0.39, 0.29) is 11.9 Å². The van der Waals surface area contributed by atoms with Gasteiger partial charge in [-0.2, -0.15) is 0 Å². The molecule has 2 aromatic rings. The van der Waals surface area contributed by atoms with Gasteiger partial charge < -0.3 is 14.4 Å². The molecule has 1 saturated heterocycles. The number of carbonyl (C=O) groups excluding carboxylic acids is 1. The Kier molecular flexibility index (Phi) is 5.06. The normalized spacial score (nSPS) is 16.4. The van der Waals surface area contributed by atoms with Crippen molar-refractivity contribution < 1.29 is 4.79 Å². The van der Waals surface area contributed by atoms with E-state index in [9.17, 15) is 4.79 Å². The van der Waals surface area contributed by atoms with E-state index in [4.69, 9.17) is 0 Å². The Hall–Kier alpha value is -2.37. The van der Waals surface area contributed by atoms with Crippen LogP contribution >= 0.6 is 0 Å². The highest BCUT2D eigenvalue weighted by Gasteiger charge is 2.28. The fourth-order valence-electron chi connectivity index (χ4n) is 3.43. The average molecular weight is 341 g/mol. The van der Waals surface area contributed by atoms with Crippen LogP contribution in [0.25, 0.3) is 0 Å². The third-order valence-corrected chi connectivity index (χ3v) is 4.86. The van der Waals surface area contributed by atoms with E-state index in [0.717, 1.165) is 37.8 Å². The molecule has 1 aliphatic heterocycles. The second kappa shape index (κ2) is 7.25. The molecule has 134 valence electrons. The predicted octanol–water partition coefficient (Wildman–Crippen LogP) is 2.62. The number of hydrogen-bond acceptors (Lipinski definition) is 4. The molecule has 0 spiro atoms. The molecule has 3 heterocycles. The number of amides is 1. The van der Waals surface area contributed by atoms with Crippen LogP contribution in [0, 0.1) is 6.92 Å². The molecule has 1 atom stereocenters. The molecule has 2 aromatic heterocycles. The lowest BCUT2D eigenvalue weighted by Gasteiger charge is -2.37. The molecule has 0 aliphatic carbocycles. The number of aromatic nitrogens is 3. The minimum atomic E-state index is -0.219. The molecule has 6 heteroatoms. The summed E-state index contributed by atoms with van der Waals surface area (Å²) in [5, 5.41) is 0. The molecule has 1 aliphatic rings. The summed E-state index contributed by atoms with van der Waals surface area (Å²) in [6.07, 6.45) is 5.51. The van der Waals surface area contributed by atoms with Crippen molar-refractivity contribution in [2.45, 2.75) is 39.7 Å². The second-order valence-corrected chi connectivity index (χ2v) is 6.98. The maximum atomic E-state index is 12.9. The lowest BCUT2D eigenvalue weighted by molar-refractivity contribution is -0.134. The number of pyridine rings is 1. The van der Waals surface area contributed by atoms with Gasteiger partial charge in [0.25, 0.3) is 0 Å². The number of rotatable bonds is 4. The van der Waals surface area contributed by atoms with Crippen LogP contribution < -0.4 is 4.90 Å². The van der Waals surface area contributed by atoms with Gasteiger partial charge in [0, 0.05) is 50.7 Å². The van der Waals surface area contributed by atoms with Crippen LogP contribution in [0.3, 0.4) is 0 Å². The fraction of sp³-hybridized carbons (Fsp3) is 0.526. The van der Waals surface area contributed by atoms with E-state index in [1.807, 2.05) is 34.9 Å². The van der Waals surface area contributed by atoms with Crippen molar-refractivity contribution in [1.82, 2.24) is 19.4 Å². The lowest BCUT2D eigenvalue weighted by atomic mass is 10.1. The van der Waals surface area contributed by atoms with Crippen LogP contribution in [-0.2, 0) is 4.79 Å². The number of nitrogens with zero attached hydrogens (tertiary/aromatic N) is 5. The molecule has 0 unspecified atom stereocenters. The van der Waals surface area contributed by atoms with Crippen LogP contribution in [0.2, 0.25) is 0 Å². The molecule has 0 aromatic carbocycles.